The fraction of sp³-hybridized carbons (Fsp3) is 0.357. The number of rotatable bonds is 4. The number of hydrogen-bond donors (Lipinski definition) is 1. The standard InChI is InChI=1S/C14H18N2O/c1-11(14(15)17)13-6-4-12(5-7-13)10-16-8-2-3-9-16/h2-7,11H,8-10H2,1H3,(H2,15,17). The van der Waals surface area contributed by atoms with E-state index in [2.05, 4.69) is 29.2 Å². The monoisotopic (exact) mass is 230 g/mol. The average molecular weight is 230 g/mol. The van der Waals surface area contributed by atoms with Gasteiger partial charge < -0.3 is 5.73 Å². The van der Waals surface area contributed by atoms with E-state index < -0.39 is 0 Å². The molecule has 0 aromatic heterocycles. The molecule has 1 atom stereocenters. The predicted molar refractivity (Wildman–Crippen MR) is 68.5 cm³/mol. The van der Waals surface area contributed by atoms with Crippen LogP contribution in [0.25, 0.3) is 0 Å². The van der Waals surface area contributed by atoms with Crippen LogP contribution in [0.4, 0.5) is 0 Å². The number of benzene rings is 1. The van der Waals surface area contributed by atoms with Crippen LogP contribution in [0, 0.1) is 0 Å². The molecule has 2 N–H and O–H groups in total. The topological polar surface area (TPSA) is 46.3 Å². The Morgan fingerprint density at radius 2 is 1.88 bits per heavy atom. The molecule has 1 heterocycles. The molecule has 3 nitrogen and oxygen atoms in total. The SMILES string of the molecule is CC(C(N)=O)c1ccc(CN2CC=CC2)cc1. The normalized spacial score (nSPS) is 17.2. The molecule has 90 valence electrons. The van der Waals surface area contributed by atoms with Crippen LogP contribution in [0.1, 0.15) is 24.0 Å². The van der Waals surface area contributed by atoms with Gasteiger partial charge in [-0.15, -0.1) is 0 Å². The first-order valence-corrected chi connectivity index (χ1v) is 5.92. The molecule has 0 saturated carbocycles. The molecule has 0 saturated heterocycles. The van der Waals surface area contributed by atoms with Gasteiger partial charge >= 0.3 is 0 Å². The summed E-state index contributed by atoms with van der Waals surface area (Å²) in [6, 6.07) is 8.14. The maximum absolute atomic E-state index is 11.1. The Hall–Kier alpha value is -1.61. The van der Waals surface area contributed by atoms with Crippen LogP contribution in [-0.4, -0.2) is 23.9 Å². The van der Waals surface area contributed by atoms with Crippen LogP contribution in [0.15, 0.2) is 36.4 Å². The highest BCUT2D eigenvalue weighted by Gasteiger charge is 2.12. The Morgan fingerprint density at radius 1 is 1.29 bits per heavy atom. The van der Waals surface area contributed by atoms with Gasteiger partial charge in [-0.05, 0) is 18.1 Å². The van der Waals surface area contributed by atoms with E-state index in [1.807, 2.05) is 19.1 Å². The zero-order valence-electron chi connectivity index (χ0n) is 10.1. The molecule has 0 aliphatic carbocycles. The van der Waals surface area contributed by atoms with Gasteiger partial charge in [0, 0.05) is 19.6 Å². The zero-order chi connectivity index (χ0) is 12.3. The maximum atomic E-state index is 11.1. The molecule has 2 rings (SSSR count). The first kappa shape index (κ1) is 11.9. The highest BCUT2D eigenvalue weighted by molar-refractivity contribution is 5.81. The third kappa shape index (κ3) is 2.94. The van der Waals surface area contributed by atoms with E-state index in [-0.39, 0.29) is 11.8 Å². The van der Waals surface area contributed by atoms with Crippen molar-refractivity contribution < 1.29 is 4.79 Å². The fourth-order valence-corrected chi connectivity index (χ4v) is 1.99. The molecular weight excluding hydrogens is 212 g/mol. The second-order valence-electron chi connectivity index (χ2n) is 4.53. The maximum Gasteiger partial charge on any atom is 0.224 e. The molecule has 0 bridgehead atoms. The van der Waals surface area contributed by atoms with Crippen LogP contribution in [0.5, 0.6) is 0 Å². The van der Waals surface area contributed by atoms with Crippen molar-refractivity contribution in [2.75, 3.05) is 13.1 Å². The second kappa shape index (κ2) is 5.15. The number of carbonyl (C=O) groups excluding carboxylic acids is 1. The van der Waals surface area contributed by atoms with E-state index in [9.17, 15) is 4.79 Å². The first-order valence-electron chi connectivity index (χ1n) is 5.92. The third-order valence-electron chi connectivity index (χ3n) is 3.21. The minimum Gasteiger partial charge on any atom is -0.369 e. The number of nitrogens with two attached hydrogens (primary N) is 1. The summed E-state index contributed by atoms with van der Waals surface area (Å²) in [6.07, 6.45) is 4.37. The van der Waals surface area contributed by atoms with Gasteiger partial charge in [0.25, 0.3) is 0 Å². The van der Waals surface area contributed by atoms with E-state index in [4.69, 9.17) is 5.73 Å². The average Bonchev–Trinajstić information content (AvgIpc) is 2.82. The Labute approximate surface area is 102 Å². The van der Waals surface area contributed by atoms with Crippen molar-refractivity contribution in [3.63, 3.8) is 0 Å². The molecule has 0 spiro atoms. The van der Waals surface area contributed by atoms with Crippen LogP contribution < -0.4 is 5.73 Å². The van der Waals surface area contributed by atoms with E-state index in [0.717, 1.165) is 25.2 Å². The lowest BCUT2D eigenvalue weighted by atomic mass is 9.99. The van der Waals surface area contributed by atoms with Gasteiger partial charge in [0.1, 0.15) is 0 Å². The van der Waals surface area contributed by atoms with Crippen molar-refractivity contribution in [3.8, 4) is 0 Å². The van der Waals surface area contributed by atoms with Gasteiger partial charge in [-0.25, -0.2) is 0 Å². The highest BCUT2D eigenvalue weighted by atomic mass is 16.1. The molecular formula is C14H18N2O. The van der Waals surface area contributed by atoms with Crippen LogP contribution >= 0.6 is 0 Å². The third-order valence-corrected chi connectivity index (χ3v) is 3.21. The molecule has 1 unspecified atom stereocenters. The van der Waals surface area contributed by atoms with Crippen LogP contribution in [-0.2, 0) is 11.3 Å². The Bertz CT molecular complexity index is 414. The molecule has 1 aliphatic heterocycles. The summed E-state index contributed by atoms with van der Waals surface area (Å²) >= 11 is 0. The molecule has 1 aliphatic rings. The van der Waals surface area contributed by atoms with Crippen molar-refractivity contribution in [2.24, 2.45) is 5.73 Å². The summed E-state index contributed by atoms with van der Waals surface area (Å²) in [5.41, 5.74) is 7.54. The van der Waals surface area contributed by atoms with Crippen LogP contribution in [0.2, 0.25) is 0 Å². The number of hydrogen-bond acceptors (Lipinski definition) is 2. The lowest BCUT2D eigenvalue weighted by Crippen LogP contribution is -2.20. The zero-order valence-corrected chi connectivity index (χ0v) is 10.1. The highest BCUT2D eigenvalue weighted by Crippen LogP contribution is 2.16. The Kier molecular flexibility index (Phi) is 3.59. The van der Waals surface area contributed by atoms with E-state index >= 15 is 0 Å². The molecule has 0 fully saturated rings. The number of carbonyl (C=O) groups is 1. The lowest BCUT2D eigenvalue weighted by Gasteiger charge is -2.15. The van der Waals surface area contributed by atoms with Gasteiger partial charge in [-0.2, -0.15) is 0 Å². The van der Waals surface area contributed by atoms with Gasteiger partial charge in [0.05, 0.1) is 5.92 Å². The minimum absolute atomic E-state index is 0.211. The van der Waals surface area contributed by atoms with E-state index in [0.29, 0.717) is 0 Å². The van der Waals surface area contributed by atoms with Gasteiger partial charge in [-0.1, -0.05) is 36.4 Å². The number of primary amides is 1. The first-order chi connectivity index (χ1) is 8.16. The van der Waals surface area contributed by atoms with Gasteiger partial charge in [0.2, 0.25) is 5.91 Å². The largest absolute Gasteiger partial charge is 0.369 e. The molecule has 3 heteroatoms. The van der Waals surface area contributed by atoms with Crippen molar-refractivity contribution in [2.45, 2.75) is 19.4 Å². The molecule has 1 aromatic carbocycles. The minimum atomic E-state index is -0.276. The molecule has 17 heavy (non-hydrogen) atoms. The Morgan fingerprint density at radius 3 is 2.41 bits per heavy atom. The Balaban J connectivity index is 2.00. The smallest absolute Gasteiger partial charge is 0.224 e. The van der Waals surface area contributed by atoms with Crippen molar-refractivity contribution in [3.05, 3.63) is 47.5 Å². The predicted octanol–water partition coefficient (Wildman–Crippen LogP) is 1.65. The summed E-state index contributed by atoms with van der Waals surface area (Å²) in [4.78, 5) is 13.4. The molecule has 1 amide bonds. The van der Waals surface area contributed by atoms with Crippen molar-refractivity contribution >= 4 is 5.91 Å². The van der Waals surface area contributed by atoms with Crippen molar-refractivity contribution in [1.82, 2.24) is 4.90 Å². The number of amides is 1. The summed E-state index contributed by atoms with van der Waals surface area (Å²) in [6.45, 7) is 4.85. The number of nitrogens with zero attached hydrogens (tertiary/aromatic N) is 1. The molecule has 1 aromatic rings. The summed E-state index contributed by atoms with van der Waals surface area (Å²) in [5, 5.41) is 0. The summed E-state index contributed by atoms with van der Waals surface area (Å²) in [5.74, 6) is -0.487. The van der Waals surface area contributed by atoms with Crippen molar-refractivity contribution in [1.29, 1.82) is 0 Å². The quantitative estimate of drug-likeness (QED) is 0.799. The summed E-state index contributed by atoms with van der Waals surface area (Å²) in [7, 11) is 0. The van der Waals surface area contributed by atoms with Gasteiger partial charge in [0.15, 0.2) is 0 Å². The van der Waals surface area contributed by atoms with Crippen LogP contribution in [0.3, 0.4) is 0 Å². The second-order valence-corrected chi connectivity index (χ2v) is 4.53. The lowest BCUT2D eigenvalue weighted by molar-refractivity contribution is -0.119. The van der Waals surface area contributed by atoms with Gasteiger partial charge in [-0.3, -0.25) is 9.69 Å². The molecule has 0 radical (unpaired) electrons. The summed E-state index contributed by atoms with van der Waals surface area (Å²) < 4.78 is 0. The van der Waals surface area contributed by atoms with E-state index in [1.165, 1.54) is 5.56 Å². The van der Waals surface area contributed by atoms with E-state index in [1.54, 1.807) is 0 Å². The fourth-order valence-electron chi connectivity index (χ4n) is 1.99.